The highest BCUT2D eigenvalue weighted by molar-refractivity contribution is 6.34. The first-order chi connectivity index (χ1) is 6.99. The largest absolute Gasteiger partial charge is 0.392 e. The number of halogens is 2. The van der Waals surface area contributed by atoms with Crippen LogP contribution < -0.4 is 0 Å². The number of aromatic nitrogens is 1. The van der Waals surface area contributed by atoms with Crippen molar-refractivity contribution in [2.45, 2.75) is 19.6 Å². The number of rotatable bonds is 4. The van der Waals surface area contributed by atoms with E-state index < -0.39 is 0 Å². The molecule has 0 saturated heterocycles. The van der Waals surface area contributed by atoms with Crippen LogP contribution in [0.3, 0.4) is 0 Å². The van der Waals surface area contributed by atoms with Crippen LogP contribution in [-0.2, 0) is 6.54 Å². The molecule has 0 bridgehead atoms. The Labute approximate surface area is 99.6 Å². The molecule has 1 rings (SSSR count). The lowest BCUT2D eigenvalue weighted by molar-refractivity contribution is 0.138. The highest BCUT2D eigenvalue weighted by atomic mass is 35.5. The summed E-state index contributed by atoms with van der Waals surface area (Å²) in [5.74, 6) is 0. The minimum absolute atomic E-state index is 0.353. The predicted molar refractivity (Wildman–Crippen MR) is 62.3 cm³/mol. The topological polar surface area (TPSA) is 36.4 Å². The van der Waals surface area contributed by atoms with Gasteiger partial charge in [-0.3, -0.25) is 4.90 Å². The van der Waals surface area contributed by atoms with Crippen molar-refractivity contribution in [3.8, 4) is 0 Å². The Morgan fingerprint density at radius 3 is 2.73 bits per heavy atom. The maximum atomic E-state index is 9.20. The Kier molecular flexibility index (Phi) is 4.80. The summed E-state index contributed by atoms with van der Waals surface area (Å²) in [5, 5.41) is 10.2. The number of nitrogens with zero attached hydrogens (tertiary/aromatic N) is 2. The van der Waals surface area contributed by atoms with Gasteiger partial charge in [-0.1, -0.05) is 23.2 Å². The third kappa shape index (κ3) is 4.34. The Morgan fingerprint density at radius 1 is 1.53 bits per heavy atom. The third-order valence-electron chi connectivity index (χ3n) is 1.91. The van der Waals surface area contributed by atoms with Crippen molar-refractivity contribution in [2.24, 2.45) is 0 Å². The summed E-state index contributed by atoms with van der Waals surface area (Å²) in [6.45, 7) is 2.99. The average molecular weight is 249 g/mol. The van der Waals surface area contributed by atoms with Gasteiger partial charge in [-0.05, 0) is 20.0 Å². The summed E-state index contributed by atoms with van der Waals surface area (Å²) >= 11 is 11.7. The Hall–Kier alpha value is -0.350. The van der Waals surface area contributed by atoms with E-state index >= 15 is 0 Å². The molecule has 0 amide bonds. The SMILES string of the molecule is CC(O)CN(C)Cc1cnc(Cl)cc1Cl. The first-order valence-electron chi connectivity index (χ1n) is 4.65. The fourth-order valence-electron chi connectivity index (χ4n) is 1.36. The van der Waals surface area contributed by atoms with Gasteiger partial charge in [0, 0.05) is 29.9 Å². The molecule has 0 fully saturated rings. The van der Waals surface area contributed by atoms with Crippen molar-refractivity contribution >= 4 is 23.2 Å². The van der Waals surface area contributed by atoms with Gasteiger partial charge in [-0.15, -0.1) is 0 Å². The van der Waals surface area contributed by atoms with Crippen LogP contribution in [0.4, 0.5) is 0 Å². The molecule has 1 unspecified atom stereocenters. The van der Waals surface area contributed by atoms with Gasteiger partial charge in [0.25, 0.3) is 0 Å². The molecule has 15 heavy (non-hydrogen) atoms. The van der Waals surface area contributed by atoms with Gasteiger partial charge in [0.2, 0.25) is 0 Å². The van der Waals surface area contributed by atoms with Crippen LogP contribution in [0.1, 0.15) is 12.5 Å². The van der Waals surface area contributed by atoms with Crippen LogP contribution in [0.2, 0.25) is 10.2 Å². The highest BCUT2D eigenvalue weighted by Crippen LogP contribution is 2.19. The van der Waals surface area contributed by atoms with Crippen LogP contribution in [0, 0.1) is 0 Å². The lowest BCUT2D eigenvalue weighted by Gasteiger charge is -2.18. The van der Waals surface area contributed by atoms with E-state index in [9.17, 15) is 5.11 Å². The molecule has 0 radical (unpaired) electrons. The van der Waals surface area contributed by atoms with Crippen LogP contribution in [0.5, 0.6) is 0 Å². The zero-order chi connectivity index (χ0) is 11.4. The van der Waals surface area contributed by atoms with Crippen LogP contribution in [-0.4, -0.2) is 34.7 Å². The monoisotopic (exact) mass is 248 g/mol. The molecule has 0 aliphatic carbocycles. The van der Waals surface area contributed by atoms with E-state index in [2.05, 4.69) is 4.98 Å². The minimum Gasteiger partial charge on any atom is -0.392 e. The van der Waals surface area contributed by atoms with Crippen LogP contribution >= 0.6 is 23.2 Å². The molecule has 0 aliphatic rings. The van der Waals surface area contributed by atoms with Crippen molar-refractivity contribution in [1.82, 2.24) is 9.88 Å². The van der Waals surface area contributed by atoms with E-state index in [4.69, 9.17) is 23.2 Å². The van der Waals surface area contributed by atoms with Crippen molar-refractivity contribution in [2.75, 3.05) is 13.6 Å². The first-order valence-corrected chi connectivity index (χ1v) is 5.41. The summed E-state index contributed by atoms with van der Waals surface area (Å²) in [6, 6.07) is 1.62. The van der Waals surface area contributed by atoms with E-state index in [1.807, 2.05) is 11.9 Å². The van der Waals surface area contributed by atoms with E-state index in [0.29, 0.717) is 23.3 Å². The van der Waals surface area contributed by atoms with Crippen LogP contribution in [0.25, 0.3) is 0 Å². The third-order valence-corrected chi connectivity index (χ3v) is 2.47. The smallest absolute Gasteiger partial charge is 0.130 e. The number of aliphatic hydroxyl groups is 1. The molecule has 1 aromatic rings. The van der Waals surface area contributed by atoms with E-state index in [1.54, 1.807) is 19.2 Å². The second-order valence-corrected chi connectivity index (χ2v) is 4.44. The van der Waals surface area contributed by atoms with Crippen molar-refractivity contribution in [3.05, 3.63) is 28.0 Å². The normalized spacial score (nSPS) is 13.2. The van der Waals surface area contributed by atoms with E-state index in [1.165, 1.54) is 0 Å². The number of likely N-dealkylation sites (N-methyl/N-ethyl adjacent to an activating group) is 1. The molecule has 5 heteroatoms. The van der Waals surface area contributed by atoms with Crippen molar-refractivity contribution in [1.29, 1.82) is 0 Å². The maximum Gasteiger partial charge on any atom is 0.130 e. The molecule has 1 atom stereocenters. The molecule has 0 saturated carbocycles. The maximum absolute atomic E-state index is 9.20. The summed E-state index contributed by atoms with van der Waals surface area (Å²) in [7, 11) is 1.91. The predicted octanol–water partition coefficient (Wildman–Crippen LogP) is 2.20. The fraction of sp³-hybridized carbons (Fsp3) is 0.500. The van der Waals surface area contributed by atoms with Gasteiger partial charge in [0.05, 0.1) is 6.10 Å². The second-order valence-electron chi connectivity index (χ2n) is 3.64. The molecule has 3 nitrogen and oxygen atoms in total. The highest BCUT2D eigenvalue weighted by Gasteiger charge is 2.07. The summed E-state index contributed by atoms with van der Waals surface area (Å²) < 4.78 is 0. The molecule has 1 heterocycles. The average Bonchev–Trinajstić information content (AvgIpc) is 2.08. The van der Waals surface area contributed by atoms with E-state index in [-0.39, 0.29) is 6.10 Å². The Bertz CT molecular complexity index is 331. The van der Waals surface area contributed by atoms with Crippen molar-refractivity contribution < 1.29 is 5.11 Å². The standard InChI is InChI=1S/C10H14Cl2N2O/c1-7(15)5-14(2)6-8-4-13-10(12)3-9(8)11/h3-4,7,15H,5-6H2,1-2H3. The van der Waals surface area contributed by atoms with Gasteiger partial charge in [0.15, 0.2) is 0 Å². The van der Waals surface area contributed by atoms with Gasteiger partial charge < -0.3 is 5.11 Å². The van der Waals surface area contributed by atoms with Gasteiger partial charge >= 0.3 is 0 Å². The zero-order valence-electron chi connectivity index (χ0n) is 8.74. The van der Waals surface area contributed by atoms with Crippen molar-refractivity contribution in [3.63, 3.8) is 0 Å². The molecule has 1 N–H and O–H groups in total. The zero-order valence-corrected chi connectivity index (χ0v) is 10.3. The molecule has 1 aromatic heterocycles. The fourth-order valence-corrected chi connectivity index (χ4v) is 1.78. The Morgan fingerprint density at radius 2 is 2.20 bits per heavy atom. The number of hydrogen-bond donors (Lipinski definition) is 1. The minimum atomic E-state index is -0.353. The molecule has 0 aromatic carbocycles. The molecule has 0 aliphatic heterocycles. The molecule has 0 spiro atoms. The number of aliphatic hydroxyl groups excluding tert-OH is 1. The first kappa shape index (κ1) is 12.7. The van der Waals surface area contributed by atoms with Gasteiger partial charge in [-0.25, -0.2) is 4.98 Å². The molecular weight excluding hydrogens is 235 g/mol. The van der Waals surface area contributed by atoms with E-state index in [0.717, 1.165) is 5.56 Å². The second kappa shape index (κ2) is 5.66. The molecular formula is C10H14Cl2N2O. The molecule has 84 valence electrons. The summed E-state index contributed by atoms with van der Waals surface area (Å²) in [5.41, 5.74) is 0.907. The lowest BCUT2D eigenvalue weighted by atomic mass is 10.2. The number of hydrogen-bond acceptors (Lipinski definition) is 3. The summed E-state index contributed by atoms with van der Waals surface area (Å²) in [6.07, 6.45) is 1.30. The summed E-state index contributed by atoms with van der Waals surface area (Å²) in [4.78, 5) is 5.94. The number of pyridine rings is 1. The van der Waals surface area contributed by atoms with Gasteiger partial charge in [-0.2, -0.15) is 0 Å². The quantitative estimate of drug-likeness (QED) is 0.831. The van der Waals surface area contributed by atoms with Crippen LogP contribution in [0.15, 0.2) is 12.3 Å². The lowest BCUT2D eigenvalue weighted by Crippen LogP contribution is -2.26. The Balaban J connectivity index is 2.64. The van der Waals surface area contributed by atoms with Gasteiger partial charge in [0.1, 0.15) is 5.15 Å².